The summed E-state index contributed by atoms with van der Waals surface area (Å²) in [5.74, 6) is 1.55. The fourth-order valence-corrected chi connectivity index (χ4v) is 3.06. The van der Waals surface area contributed by atoms with Gasteiger partial charge in [0, 0.05) is 10.8 Å². The van der Waals surface area contributed by atoms with Gasteiger partial charge in [0.2, 0.25) is 0 Å². The van der Waals surface area contributed by atoms with Crippen molar-refractivity contribution in [1.29, 1.82) is 0 Å². The number of carbonyl (C=O) groups is 1. The van der Waals surface area contributed by atoms with Crippen LogP contribution in [0.15, 0.2) is 18.2 Å². The Labute approximate surface area is 108 Å². The molecule has 0 aromatic heterocycles. The van der Waals surface area contributed by atoms with E-state index < -0.39 is 0 Å². The van der Waals surface area contributed by atoms with Crippen molar-refractivity contribution in [2.45, 2.75) is 12.5 Å². The van der Waals surface area contributed by atoms with Crippen molar-refractivity contribution in [3.63, 3.8) is 0 Å². The van der Waals surface area contributed by atoms with Gasteiger partial charge in [0.15, 0.2) is 0 Å². The zero-order chi connectivity index (χ0) is 11.5. The lowest BCUT2D eigenvalue weighted by Crippen LogP contribution is -2.17. The van der Waals surface area contributed by atoms with Gasteiger partial charge in [-0.3, -0.25) is 0 Å². The Hall–Kier alpha value is -0.380. The number of ether oxygens (including phenoxy) is 1. The highest BCUT2D eigenvalue weighted by Crippen LogP contribution is 2.25. The van der Waals surface area contributed by atoms with Gasteiger partial charge in [-0.15, -0.1) is 0 Å². The predicted octanol–water partition coefficient (Wildman–Crippen LogP) is 3.66. The van der Waals surface area contributed by atoms with E-state index in [0.29, 0.717) is 15.6 Å². The van der Waals surface area contributed by atoms with Crippen molar-refractivity contribution >= 4 is 40.9 Å². The van der Waals surface area contributed by atoms with Crippen LogP contribution in [0.3, 0.4) is 0 Å². The molecule has 0 bridgehead atoms. The Morgan fingerprint density at radius 3 is 2.88 bits per heavy atom. The largest absolute Gasteiger partial charge is 0.458 e. The number of hydrogen-bond donors (Lipinski definition) is 0. The molecular formula is C11H10Cl2O2S. The van der Waals surface area contributed by atoms with Crippen LogP contribution in [0.2, 0.25) is 10.0 Å². The van der Waals surface area contributed by atoms with Crippen molar-refractivity contribution in [2.24, 2.45) is 0 Å². The molecule has 0 spiro atoms. The molecule has 0 aliphatic carbocycles. The maximum absolute atomic E-state index is 11.8. The van der Waals surface area contributed by atoms with E-state index in [2.05, 4.69) is 0 Å². The lowest BCUT2D eigenvalue weighted by atomic mass is 10.2. The Morgan fingerprint density at radius 2 is 2.25 bits per heavy atom. The third-order valence-electron chi connectivity index (χ3n) is 2.31. The maximum Gasteiger partial charge on any atom is 0.339 e. The molecule has 1 aromatic carbocycles. The fraction of sp³-hybridized carbons (Fsp3) is 0.364. The van der Waals surface area contributed by atoms with Crippen molar-refractivity contribution in [3.8, 4) is 0 Å². The molecule has 2 rings (SSSR count). The summed E-state index contributed by atoms with van der Waals surface area (Å²) in [6.45, 7) is 0. The van der Waals surface area contributed by atoms with Gasteiger partial charge in [0.05, 0.1) is 10.6 Å². The van der Waals surface area contributed by atoms with Crippen LogP contribution in [0, 0.1) is 0 Å². The second kappa shape index (κ2) is 5.30. The molecule has 0 saturated carbocycles. The third kappa shape index (κ3) is 2.84. The van der Waals surface area contributed by atoms with Crippen LogP contribution in [0.5, 0.6) is 0 Å². The monoisotopic (exact) mass is 276 g/mol. The lowest BCUT2D eigenvalue weighted by molar-refractivity contribution is 0.0357. The molecule has 86 valence electrons. The minimum absolute atomic E-state index is 0.0178. The van der Waals surface area contributed by atoms with E-state index >= 15 is 0 Å². The molecule has 1 atom stereocenters. The standard InChI is InChI=1S/C11H10Cl2O2S/c12-7-1-2-9(10(13)5-7)11(14)15-8-3-4-16-6-8/h1-2,5,8H,3-4,6H2/t8-/m1/s1. The maximum atomic E-state index is 11.8. The van der Waals surface area contributed by atoms with E-state index in [1.165, 1.54) is 0 Å². The highest BCUT2D eigenvalue weighted by Gasteiger charge is 2.21. The summed E-state index contributed by atoms with van der Waals surface area (Å²) in [6.07, 6.45) is 0.936. The summed E-state index contributed by atoms with van der Waals surface area (Å²) in [7, 11) is 0. The van der Waals surface area contributed by atoms with Crippen LogP contribution in [0.1, 0.15) is 16.8 Å². The summed E-state index contributed by atoms with van der Waals surface area (Å²) in [5.41, 5.74) is 0.378. The van der Waals surface area contributed by atoms with Gasteiger partial charge >= 0.3 is 5.97 Å². The molecule has 2 nitrogen and oxygen atoms in total. The molecule has 0 radical (unpaired) electrons. The second-order valence-corrected chi connectivity index (χ2v) is 5.51. The molecule has 0 amide bonds. The molecular weight excluding hydrogens is 267 g/mol. The van der Waals surface area contributed by atoms with Crippen molar-refractivity contribution in [2.75, 3.05) is 11.5 Å². The van der Waals surface area contributed by atoms with E-state index in [4.69, 9.17) is 27.9 Å². The predicted molar refractivity (Wildman–Crippen MR) is 67.6 cm³/mol. The molecule has 1 fully saturated rings. The first-order valence-electron chi connectivity index (χ1n) is 4.90. The van der Waals surface area contributed by atoms with E-state index in [0.717, 1.165) is 17.9 Å². The van der Waals surface area contributed by atoms with E-state index in [1.54, 1.807) is 30.0 Å². The van der Waals surface area contributed by atoms with Crippen LogP contribution < -0.4 is 0 Å². The molecule has 5 heteroatoms. The Morgan fingerprint density at radius 1 is 1.44 bits per heavy atom. The topological polar surface area (TPSA) is 26.3 Å². The van der Waals surface area contributed by atoms with Crippen molar-refractivity contribution < 1.29 is 9.53 Å². The molecule has 1 heterocycles. The smallest absolute Gasteiger partial charge is 0.339 e. The molecule has 16 heavy (non-hydrogen) atoms. The molecule has 1 aliphatic heterocycles. The summed E-state index contributed by atoms with van der Waals surface area (Å²) >= 11 is 13.5. The zero-order valence-electron chi connectivity index (χ0n) is 8.41. The van der Waals surface area contributed by atoms with Gasteiger partial charge in [-0.25, -0.2) is 4.79 Å². The number of rotatable bonds is 2. The third-order valence-corrected chi connectivity index (χ3v) is 3.99. The normalized spacial score (nSPS) is 19.8. The Bertz CT molecular complexity index is 403. The van der Waals surface area contributed by atoms with Crippen molar-refractivity contribution in [3.05, 3.63) is 33.8 Å². The summed E-state index contributed by atoms with van der Waals surface area (Å²) in [5, 5.41) is 0.848. The number of carbonyl (C=O) groups excluding carboxylic acids is 1. The van der Waals surface area contributed by atoms with E-state index in [-0.39, 0.29) is 12.1 Å². The van der Waals surface area contributed by atoms with Crippen LogP contribution in [0.25, 0.3) is 0 Å². The average Bonchev–Trinajstić information content (AvgIpc) is 2.70. The van der Waals surface area contributed by atoms with Gasteiger partial charge in [0.25, 0.3) is 0 Å². The van der Waals surface area contributed by atoms with E-state index in [1.807, 2.05) is 0 Å². The van der Waals surface area contributed by atoms with Gasteiger partial charge in [-0.05, 0) is 30.4 Å². The van der Waals surface area contributed by atoms with Crippen LogP contribution in [0.4, 0.5) is 0 Å². The molecule has 0 N–H and O–H groups in total. The van der Waals surface area contributed by atoms with Gasteiger partial charge in [-0.1, -0.05) is 23.2 Å². The first kappa shape index (κ1) is 12.1. The summed E-state index contributed by atoms with van der Waals surface area (Å²) < 4.78 is 5.33. The summed E-state index contributed by atoms with van der Waals surface area (Å²) in [4.78, 5) is 11.8. The Balaban J connectivity index is 2.08. The second-order valence-electron chi connectivity index (χ2n) is 3.52. The Kier molecular flexibility index (Phi) is 4.00. The quantitative estimate of drug-likeness (QED) is 0.772. The summed E-state index contributed by atoms with van der Waals surface area (Å²) in [6, 6.07) is 4.77. The number of benzene rings is 1. The van der Waals surface area contributed by atoms with Gasteiger partial charge < -0.3 is 4.74 Å². The number of thioether (sulfide) groups is 1. The highest BCUT2D eigenvalue weighted by atomic mass is 35.5. The van der Waals surface area contributed by atoms with Gasteiger partial charge in [0.1, 0.15) is 6.10 Å². The zero-order valence-corrected chi connectivity index (χ0v) is 10.7. The molecule has 1 aliphatic rings. The SMILES string of the molecule is O=C(O[C@@H]1CCSC1)c1ccc(Cl)cc1Cl. The lowest BCUT2D eigenvalue weighted by Gasteiger charge is -2.11. The number of esters is 1. The first-order valence-corrected chi connectivity index (χ1v) is 6.81. The van der Waals surface area contributed by atoms with Crippen LogP contribution >= 0.6 is 35.0 Å². The van der Waals surface area contributed by atoms with Gasteiger partial charge in [-0.2, -0.15) is 11.8 Å². The number of halogens is 2. The highest BCUT2D eigenvalue weighted by molar-refractivity contribution is 7.99. The molecule has 1 aromatic rings. The molecule has 0 unspecified atom stereocenters. The van der Waals surface area contributed by atoms with E-state index in [9.17, 15) is 4.79 Å². The van der Waals surface area contributed by atoms with Crippen LogP contribution in [-0.4, -0.2) is 23.6 Å². The molecule has 1 saturated heterocycles. The minimum Gasteiger partial charge on any atom is -0.458 e. The van der Waals surface area contributed by atoms with Crippen LogP contribution in [-0.2, 0) is 4.74 Å². The minimum atomic E-state index is -0.367. The first-order chi connectivity index (χ1) is 7.66. The average molecular weight is 277 g/mol. The van der Waals surface area contributed by atoms with Crippen molar-refractivity contribution in [1.82, 2.24) is 0 Å². The fourth-order valence-electron chi connectivity index (χ4n) is 1.48. The number of hydrogen-bond acceptors (Lipinski definition) is 3.